The molecular formula is C29H35N3O6. The number of methoxy groups -OCH3 is 1. The first kappa shape index (κ1) is 27.2. The predicted octanol–water partition coefficient (Wildman–Crippen LogP) is 2.99. The maximum absolute atomic E-state index is 13.4. The maximum Gasteiger partial charge on any atom is 0.227 e. The highest BCUT2D eigenvalue weighted by Gasteiger charge is 2.28. The lowest BCUT2D eigenvalue weighted by Gasteiger charge is -2.38. The lowest BCUT2D eigenvalue weighted by molar-refractivity contribution is -0.121. The van der Waals surface area contributed by atoms with Gasteiger partial charge in [-0.2, -0.15) is 0 Å². The van der Waals surface area contributed by atoms with E-state index in [1.165, 1.54) is 19.2 Å². The summed E-state index contributed by atoms with van der Waals surface area (Å²) in [5.41, 5.74) is 1.09. The van der Waals surface area contributed by atoms with E-state index < -0.39 is 17.1 Å². The van der Waals surface area contributed by atoms with Crippen molar-refractivity contribution >= 4 is 5.91 Å². The summed E-state index contributed by atoms with van der Waals surface area (Å²) < 4.78 is 11.0. The molecule has 1 aliphatic rings. The molecular weight excluding hydrogens is 486 g/mol. The Morgan fingerprint density at radius 1 is 1.05 bits per heavy atom. The van der Waals surface area contributed by atoms with Crippen LogP contribution < -0.4 is 15.5 Å². The first-order chi connectivity index (χ1) is 18.3. The van der Waals surface area contributed by atoms with Gasteiger partial charge >= 0.3 is 0 Å². The van der Waals surface area contributed by atoms with Gasteiger partial charge in [-0.05, 0) is 37.2 Å². The second kappa shape index (κ2) is 12.1. The van der Waals surface area contributed by atoms with Crippen LogP contribution in [0, 0.1) is 6.92 Å². The molecule has 1 amide bonds. The number of piperazine rings is 1. The molecule has 1 saturated heterocycles. The quantitative estimate of drug-likeness (QED) is 0.394. The molecule has 38 heavy (non-hydrogen) atoms. The number of ether oxygens (including phenoxy) is 1. The lowest BCUT2D eigenvalue weighted by Crippen LogP contribution is -2.48. The van der Waals surface area contributed by atoms with Crippen LogP contribution in [0.4, 0.5) is 0 Å². The van der Waals surface area contributed by atoms with Gasteiger partial charge in [-0.25, -0.2) is 0 Å². The molecule has 2 aromatic carbocycles. The molecule has 0 bridgehead atoms. The van der Waals surface area contributed by atoms with Gasteiger partial charge in [0.05, 0.1) is 19.1 Å². The molecule has 3 N–H and O–H groups in total. The molecule has 1 fully saturated rings. The minimum Gasteiger partial charge on any atom is -0.504 e. The summed E-state index contributed by atoms with van der Waals surface area (Å²) >= 11 is 0. The van der Waals surface area contributed by atoms with Gasteiger partial charge < -0.3 is 29.6 Å². The molecule has 0 saturated carbocycles. The predicted molar refractivity (Wildman–Crippen MR) is 144 cm³/mol. The van der Waals surface area contributed by atoms with E-state index in [1.807, 2.05) is 18.2 Å². The zero-order chi connectivity index (χ0) is 27.2. The van der Waals surface area contributed by atoms with Gasteiger partial charge in [-0.3, -0.25) is 14.5 Å². The van der Waals surface area contributed by atoms with Crippen LogP contribution in [-0.2, 0) is 4.79 Å². The molecule has 4 rings (SSSR count). The monoisotopic (exact) mass is 521 g/mol. The lowest BCUT2D eigenvalue weighted by atomic mass is 9.91. The Morgan fingerprint density at radius 2 is 1.76 bits per heavy atom. The van der Waals surface area contributed by atoms with Crippen LogP contribution in [0.2, 0.25) is 0 Å². The Hall–Kier alpha value is -3.82. The van der Waals surface area contributed by atoms with Gasteiger partial charge in [-0.1, -0.05) is 36.4 Å². The van der Waals surface area contributed by atoms with Gasteiger partial charge in [0.1, 0.15) is 5.76 Å². The van der Waals surface area contributed by atoms with Crippen LogP contribution >= 0.6 is 0 Å². The molecule has 202 valence electrons. The van der Waals surface area contributed by atoms with Crippen molar-refractivity contribution in [1.82, 2.24) is 15.1 Å². The maximum atomic E-state index is 13.4. The third kappa shape index (κ3) is 6.35. The van der Waals surface area contributed by atoms with Crippen molar-refractivity contribution < 1.29 is 24.2 Å². The Kier molecular flexibility index (Phi) is 8.70. The fraction of sp³-hybridized carbons (Fsp3) is 0.379. The molecule has 9 nitrogen and oxygen atoms in total. The van der Waals surface area contributed by atoms with E-state index in [2.05, 4.69) is 34.3 Å². The second-order valence-electron chi connectivity index (χ2n) is 9.69. The highest BCUT2D eigenvalue weighted by atomic mass is 16.5. The number of phenolic OH excluding ortho intramolecular Hbond substituents is 1. The summed E-state index contributed by atoms with van der Waals surface area (Å²) in [6, 6.07) is 16.0. The normalized spacial score (nSPS) is 16.1. The number of aryl methyl sites for hydroxylation is 1. The van der Waals surface area contributed by atoms with Gasteiger partial charge in [0.25, 0.3) is 0 Å². The van der Waals surface area contributed by atoms with E-state index >= 15 is 0 Å². The Bertz CT molecular complexity index is 1300. The number of likely N-dealkylation sites (N-methyl/N-ethyl adjacent to an activating group) is 1. The van der Waals surface area contributed by atoms with Crippen LogP contribution in [0.5, 0.6) is 17.2 Å². The summed E-state index contributed by atoms with van der Waals surface area (Å²) in [5.74, 6) is -1.12. The summed E-state index contributed by atoms with van der Waals surface area (Å²) in [6.07, 6.45) is -0.0852. The van der Waals surface area contributed by atoms with Crippen molar-refractivity contribution in [2.75, 3.05) is 46.9 Å². The zero-order valence-electron chi connectivity index (χ0n) is 22.0. The number of aromatic hydroxyl groups is 2. The molecule has 0 radical (unpaired) electrons. The summed E-state index contributed by atoms with van der Waals surface area (Å²) in [7, 11) is 3.53. The second-order valence-corrected chi connectivity index (χ2v) is 9.69. The van der Waals surface area contributed by atoms with E-state index in [4.69, 9.17) is 9.15 Å². The highest BCUT2D eigenvalue weighted by molar-refractivity contribution is 5.77. The third-order valence-electron chi connectivity index (χ3n) is 7.04. The standard InChI is InChI=1S/C29H35N3O6/c1-19-15-25(34)28(36)29(38-19)22(21-9-10-24(33)26(16-21)37-3)17-27(35)30-18-23(20-7-5-4-6-8-20)32-13-11-31(2)12-14-32/h4-10,15-16,22-23,33,36H,11-14,17-18H2,1-3H3,(H,30,35)/t22-,23+/m1/s1. The van der Waals surface area contributed by atoms with E-state index in [-0.39, 0.29) is 35.6 Å². The first-order valence-electron chi connectivity index (χ1n) is 12.7. The van der Waals surface area contributed by atoms with Crippen LogP contribution in [-0.4, -0.2) is 72.8 Å². The van der Waals surface area contributed by atoms with Crippen molar-refractivity contribution in [3.63, 3.8) is 0 Å². The number of phenols is 1. The van der Waals surface area contributed by atoms with Crippen molar-refractivity contribution in [2.24, 2.45) is 0 Å². The molecule has 1 aliphatic heterocycles. The number of carbonyl (C=O) groups excluding carboxylic acids is 1. The van der Waals surface area contributed by atoms with E-state index in [0.29, 0.717) is 17.9 Å². The Labute approximate surface area is 222 Å². The summed E-state index contributed by atoms with van der Waals surface area (Å²) in [6.45, 7) is 5.71. The van der Waals surface area contributed by atoms with Crippen LogP contribution in [0.15, 0.2) is 63.8 Å². The molecule has 2 heterocycles. The molecule has 9 heteroatoms. The highest BCUT2D eigenvalue weighted by Crippen LogP contribution is 2.37. The number of rotatable bonds is 9. The van der Waals surface area contributed by atoms with Crippen molar-refractivity contribution in [3.05, 3.63) is 87.5 Å². The number of carbonyl (C=O) groups is 1. The number of hydrogen-bond donors (Lipinski definition) is 3. The number of amides is 1. The minimum atomic E-state index is -0.782. The topological polar surface area (TPSA) is 115 Å². The Morgan fingerprint density at radius 3 is 2.45 bits per heavy atom. The molecule has 2 atom stereocenters. The van der Waals surface area contributed by atoms with Gasteiger partial charge in [-0.15, -0.1) is 0 Å². The third-order valence-corrected chi connectivity index (χ3v) is 7.04. The number of nitrogens with one attached hydrogen (secondary N) is 1. The fourth-order valence-electron chi connectivity index (χ4n) is 4.87. The smallest absolute Gasteiger partial charge is 0.227 e. The van der Waals surface area contributed by atoms with Crippen molar-refractivity contribution in [1.29, 1.82) is 0 Å². The summed E-state index contributed by atoms with van der Waals surface area (Å²) in [5, 5.41) is 23.7. The number of hydrogen-bond acceptors (Lipinski definition) is 8. The average molecular weight is 522 g/mol. The van der Waals surface area contributed by atoms with Gasteiger partial charge in [0, 0.05) is 45.2 Å². The molecule has 0 aliphatic carbocycles. The SMILES string of the molecule is COc1cc([C@@H](CC(=O)NC[C@@H](c2ccccc2)N2CCN(C)CC2)c2oc(C)cc(=O)c2O)ccc1O. The zero-order valence-corrected chi connectivity index (χ0v) is 22.0. The van der Waals surface area contributed by atoms with E-state index in [9.17, 15) is 19.8 Å². The van der Waals surface area contributed by atoms with Crippen molar-refractivity contribution in [3.8, 4) is 17.2 Å². The molecule has 1 aromatic heterocycles. The minimum absolute atomic E-state index is 0.00318. The fourth-order valence-corrected chi connectivity index (χ4v) is 4.87. The summed E-state index contributed by atoms with van der Waals surface area (Å²) in [4.78, 5) is 30.4. The van der Waals surface area contributed by atoms with Crippen LogP contribution in [0.25, 0.3) is 0 Å². The molecule has 0 spiro atoms. The van der Waals surface area contributed by atoms with Crippen LogP contribution in [0.3, 0.4) is 0 Å². The van der Waals surface area contributed by atoms with Crippen molar-refractivity contribution in [2.45, 2.75) is 25.3 Å². The molecule has 3 aromatic rings. The first-order valence-corrected chi connectivity index (χ1v) is 12.7. The number of benzene rings is 2. The van der Waals surface area contributed by atoms with E-state index in [0.717, 1.165) is 31.7 Å². The number of nitrogens with zero attached hydrogens (tertiary/aromatic N) is 2. The molecule has 0 unspecified atom stereocenters. The van der Waals surface area contributed by atoms with Gasteiger partial charge in [0.15, 0.2) is 17.3 Å². The average Bonchev–Trinajstić information content (AvgIpc) is 2.91. The van der Waals surface area contributed by atoms with Crippen LogP contribution in [0.1, 0.15) is 41.0 Å². The van der Waals surface area contributed by atoms with E-state index in [1.54, 1.807) is 19.1 Å². The largest absolute Gasteiger partial charge is 0.504 e. The Balaban J connectivity index is 1.59. The van der Waals surface area contributed by atoms with Gasteiger partial charge in [0.2, 0.25) is 17.1 Å².